The van der Waals surface area contributed by atoms with Crippen LogP contribution in [-0.4, -0.2) is 41.9 Å². The maximum Gasteiger partial charge on any atom is 0.256 e. The third-order valence-electron chi connectivity index (χ3n) is 7.02. The number of carbonyl (C=O) groups excluding carboxylic acids is 2. The van der Waals surface area contributed by atoms with Crippen LogP contribution in [0.1, 0.15) is 55.3 Å². The average Bonchev–Trinajstić information content (AvgIpc) is 2.68. The van der Waals surface area contributed by atoms with E-state index in [9.17, 15) is 14.0 Å². The Morgan fingerprint density at radius 2 is 1.66 bits per heavy atom. The lowest BCUT2D eigenvalue weighted by Gasteiger charge is -2.44. The van der Waals surface area contributed by atoms with Gasteiger partial charge in [0.1, 0.15) is 5.82 Å². The third-order valence-corrected chi connectivity index (χ3v) is 7.02. The van der Waals surface area contributed by atoms with Crippen molar-refractivity contribution < 1.29 is 14.0 Å². The molecule has 2 atom stereocenters. The van der Waals surface area contributed by atoms with Crippen molar-refractivity contribution in [2.24, 2.45) is 23.5 Å². The number of amides is 2. The van der Waals surface area contributed by atoms with Crippen LogP contribution in [0.25, 0.3) is 0 Å². The van der Waals surface area contributed by atoms with Crippen molar-refractivity contribution in [3.05, 3.63) is 35.6 Å². The van der Waals surface area contributed by atoms with Crippen molar-refractivity contribution in [3.63, 3.8) is 0 Å². The second-order valence-corrected chi connectivity index (χ2v) is 8.75. The van der Waals surface area contributed by atoms with Crippen LogP contribution in [-0.2, 0) is 4.79 Å². The van der Waals surface area contributed by atoms with Crippen molar-refractivity contribution >= 4 is 24.2 Å². The standard InChI is InChI=1S/C22H30FN3O2.ClH/c23-19-7-2-1-6-18(19)22(28)26-10-8-17(9-11-26)25-21(27)16-12-14-4-3-5-15(13-16)20(14)24;/h1-2,6-7,14-17,20H,3-5,8-13,24H2,(H,25,27);1H. The van der Waals surface area contributed by atoms with Crippen LogP contribution >= 0.6 is 12.4 Å². The van der Waals surface area contributed by atoms with Gasteiger partial charge < -0.3 is 16.0 Å². The van der Waals surface area contributed by atoms with E-state index < -0.39 is 5.82 Å². The van der Waals surface area contributed by atoms with E-state index in [0.717, 1.165) is 25.7 Å². The number of halogens is 2. The van der Waals surface area contributed by atoms with E-state index in [-0.39, 0.29) is 47.8 Å². The van der Waals surface area contributed by atoms with E-state index in [4.69, 9.17) is 5.73 Å². The zero-order valence-corrected chi connectivity index (χ0v) is 17.5. The van der Waals surface area contributed by atoms with Crippen LogP contribution < -0.4 is 11.1 Å². The van der Waals surface area contributed by atoms with Gasteiger partial charge in [0.2, 0.25) is 5.91 Å². The van der Waals surface area contributed by atoms with E-state index in [1.165, 1.54) is 18.6 Å². The molecule has 3 aliphatic rings. The minimum Gasteiger partial charge on any atom is -0.353 e. The Morgan fingerprint density at radius 3 is 2.28 bits per heavy atom. The van der Waals surface area contributed by atoms with Crippen LogP contribution in [0.4, 0.5) is 4.39 Å². The molecule has 0 spiro atoms. The summed E-state index contributed by atoms with van der Waals surface area (Å²) < 4.78 is 13.9. The van der Waals surface area contributed by atoms with E-state index in [2.05, 4.69) is 5.32 Å². The van der Waals surface area contributed by atoms with Crippen LogP contribution in [0.2, 0.25) is 0 Å². The summed E-state index contributed by atoms with van der Waals surface area (Å²) in [7, 11) is 0. The summed E-state index contributed by atoms with van der Waals surface area (Å²) in [4.78, 5) is 27.0. The Morgan fingerprint density at radius 1 is 1.03 bits per heavy atom. The van der Waals surface area contributed by atoms with Crippen LogP contribution in [0, 0.1) is 23.6 Å². The molecule has 0 radical (unpaired) electrons. The molecular weight excluding hydrogens is 393 g/mol. The predicted octanol–water partition coefficient (Wildman–Crippen LogP) is 3.12. The molecule has 4 rings (SSSR count). The third kappa shape index (κ3) is 4.75. The van der Waals surface area contributed by atoms with Crippen molar-refractivity contribution in [1.82, 2.24) is 10.2 Å². The summed E-state index contributed by atoms with van der Waals surface area (Å²) in [6.45, 7) is 1.08. The highest BCUT2D eigenvalue weighted by Crippen LogP contribution is 2.42. The number of carbonyl (C=O) groups is 2. The Kier molecular flexibility index (Phi) is 7.17. The number of hydrogen-bond donors (Lipinski definition) is 2. The fourth-order valence-corrected chi connectivity index (χ4v) is 5.35. The number of nitrogens with zero attached hydrogens (tertiary/aromatic N) is 1. The normalized spacial score (nSPS) is 29.7. The summed E-state index contributed by atoms with van der Waals surface area (Å²) in [5.74, 6) is 0.462. The van der Waals surface area contributed by atoms with E-state index in [0.29, 0.717) is 37.8 Å². The Bertz CT molecular complexity index is 725. The van der Waals surface area contributed by atoms with E-state index >= 15 is 0 Å². The molecule has 1 aromatic rings. The van der Waals surface area contributed by atoms with Gasteiger partial charge >= 0.3 is 0 Å². The van der Waals surface area contributed by atoms with E-state index in [1.54, 1.807) is 17.0 Å². The molecule has 7 heteroatoms. The molecule has 3 N–H and O–H groups in total. The van der Waals surface area contributed by atoms with Gasteiger partial charge in [-0.2, -0.15) is 0 Å². The molecule has 1 aromatic carbocycles. The Hall–Kier alpha value is -1.66. The Balaban J connectivity index is 0.00000240. The Labute approximate surface area is 178 Å². The lowest BCUT2D eigenvalue weighted by Crippen LogP contribution is -2.52. The first-order valence-corrected chi connectivity index (χ1v) is 10.6. The number of nitrogens with two attached hydrogens (primary N) is 1. The minimum atomic E-state index is -0.482. The first-order chi connectivity index (χ1) is 13.5. The highest BCUT2D eigenvalue weighted by atomic mass is 35.5. The molecule has 2 amide bonds. The lowest BCUT2D eigenvalue weighted by atomic mass is 9.65. The van der Waals surface area contributed by atoms with Crippen LogP contribution in [0.3, 0.4) is 0 Å². The van der Waals surface area contributed by atoms with Crippen LogP contribution in [0.5, 0.6) is 0 Å². The smallest absolute Gasteiger partial charge is 0.256 e. The maximum absolute atomic E-state index is 13.9. The largest absolute Gasteiger partial charge is 0.353 e. The molecule has 160 valence electrons. The SMILES string of the molecule is Cl.NC1C2CCCC1CC(C(=O)NC1CCN(C(=O)c3ccccc3F)CC1)C2. The average molecular weight is 424 g/mol. The molecular formula is C22H31ClFN3O2. The quantitative estimate of drug-likeness (QED) is 0.784. The van der Waals surface area contributed by atoms with Gasteiger partial charge in [-0.15, -0.1) is 12.4 Å². The summed E-state index contributed by atoms with van der Waals surface area (Å²) in [6.07, 6.45) is 6.79. The molecule has 5 nitrogen and oxygen atoms in total. The lowest BCUT2D eigenvalue weighted by molar-refractivity contribution is -0.128. The summed E-state index contributed by atoms with van der Waals surface area (Å²) >= 11 is 0. The molecule has 2 bridgehead atoms. The zero-order chi connectivity index (χ0) is 19.7. The molecule has 2 aliphatic carbocycles. The number of rotatable bonds is 3. The predicted molar refractivity (Wildman–Crippen MR) is 112 cm³/mol. The molecule has 29 heavy (non-hydrogen) atoms. The van der Waals surface area contributed by atoms with Crippen molar-refractivity contribution in [3.8, 4) is 0 Å². The van der Waals surface area contributed by atoms with Gasteiger partial charge in [0.05, 0.1) is 5.56 Å². The topological polar surface area (TPSA) is 75.4 Å². The highest BCUT2D eigenvalue weighted by Gasteiger charge is 2.41. The molecule has 3 fully saturated rings. The number of benzene rings is 1. The number of piperidine rings is 1. The number of nitrogens with one attached hydrogen (secondary N) is 1. The first kappa shape index (κ1) is 22.0. The number of hydrogen-bond acceptors (Lipinski definition) is 3. The highest BCUT2D eigenvalue weighted by molar-refractivity contribution is 5.94. The molecule has 1 saturated heterocycles. The monoisotopic (exact) mass is 423 g/mol. The zero-order valence-electron chi connectivity index (χ0n) is 16.7. The van der Waals surface area contributed by atoms with Gasteiger partial charge in [0, 0.05) is 31.1 Å². The van der Waals surface area contributed by atoms with E-state index in [1.807, 2.05) is 0 Å². The van der Waals surface area contributed by atoms with Gasteiger partial charge in [-0.25, -0.2) is 4.39 Å². The van der Waals surface area contributed by atoms with Gasteiger partial charge in [-0.3, -0.25) is 9.59 Å². The molecule has 2 saturated carbocycles. The van der Waals surface area contributed by atoms with Gasteiger partial charge in [-0.1, -0.05) is 18.6 Å². The summed E-state index contributed by atoms with van der Waals surface area (Å²) in [5, 5.41) is 3.21. The van der Waals surface area contributed by atoms with Crippen molar-refractivity contribution in [2.75, 3.05) is 13.1 Å². The summed E-state index contributed by atoms with van der Waals surface area (Å²) in [6, 6.07) is 6.45. The number of fused-ring (bicyclic) bond motifs is 2. The molecule has 0 aromatic heterocycles. The maximum atomic E-state index is 13.9. The fraction of sp³-hybridized carbons (Fsp3) is 0.636. The second-order valence-electron chi connectivity index (χ2n) is 8.75. The fourth-order valence-electron chi connectivity index (χ4n) is 5.35. The minimum absolute atomic E-state index is 0. The first-order valence-electron chi connectivity index (χ1n) is 10.6. The van der Waals surface area contributed by atoms with Gasteiger partial charge in [0.25, 0.3) is 5.91 Å². The summed E-state index contributed by atoms with van der Waals surface area (Å²) in [5.41, 5.74) is 6.46. The van der Waals surface area contributed by atoms with Gasteiger partial charge in [-0.05, 0) is 62.5 Å². The molecule has 1 aliphatic heterocycles. The van der Waals surface area contributed by atoms with Gasteiger partial charge in [0.15, 0.2) is 0 Å². The second kappa shape index (κ2) is 9.43. The number of likely N-dealkylation sites (tertiary alicyclic amines) is 1. The van der Waals surface area contributed by atoms with Crippen molar-refractivity contribution in [1.29, 1.82) is 0 Å². The molecule has 1 heterocycles. The molecule has 2 unspecified atom stereocenters. The van der Waals surface area contributed by atoms with Crippen molar-refractivity contribution in [2.45, 2.75) is 57.0 Å². The van der Waals surface area contributed by atoms with Crippen LogP contribution in [0.15, 0.2) is 24.3 Å².